The first kappa shape index (κ1) is 25.8. The molecule has 5 rings (SSSR count). The highest BCUT2D eigenvalue weighted by Gasteiger charge is 2.32. The fourth-order valence-electron chi connectivity index (χ4n) is 4.40. The molecule has 3 heterocycles. The summed E-state index contributed by atoms with van der Waals surface area (Å²) in [6.45, 7) is 8.43. The van der Waals surface area contributed by atoms with Gasteiger partial charge in [-0.2, -0.15) is 4.98 Å². The molecule has 3 amide bonds. The van der Waals surface area contributed by atoms with Crippen molar-refractivity contribution in [3.05, 3.63) is 95.4 Å². The number of carbonyl (C=O) groups is 2. The zero-order valence-electron chi connectivity index (χ0n) is 22.7. The van der Waals surface area contributed by atoms with Gasteiger partial charge in [0.05, 0.1) is 29.8 Å². The van der Waals surface area contributed by atoms with E-state index in [1.807, 2.05) is 55.5 Å². The van der Waals surface area contributed by atoms with E-state index in [0.717, 1.165) is 16.8 Å². The molecule has 1 aliphatic heterocycles. The molecule has 4 aromatic rings. The van der Waals surface area contributed by atoms with E-state index in [4.69, 9.17) is 0 Å². The normalized spacial score (nSPS) is 13.2. The molecule has 198 valence electrons. The number of amides is 3. The molecule has 0 unspecified atom stereocenters. The van der Waals surface area contributed by atoms with Crippen LogP contribution in [0.5, 0.6) is 0 Å². The van der Waals surface area contributed by atoms with Crippen molar-refractivity contribution < 1.29 is 9.59 Å². The number of rotatable bonds is 5. The number of carbonyl (C=O) groups excluding carboxylic acids is 2. The number of hydrogen-bond donors (Lipinski definition) is 2. The summed E-state index contributed by atoms with van der Waals surface area (Å²) in [5.74, 6) is 0.710. The van der Waals surface area contributed by atoms with Crippen molar-refractivity contribution >= 4 is 40.8 Å². The summed E-state index contributed by atoms with van der Waals surface area (Å²) < 4.78 is 0. The van der Waals surface area contributed by atoms with Crippen LogP contribution in [-0.2, 0) is 12.0 Å². The van der Waals surface area contributed by atoms with Crippen LogP contribution in [0.3, 0.4) is 0 Å². The second kappa shape index (κ2) is 10.2. The van der Waals surface area contributed by atoms with Crippen LogP contribution in [0.15, 0.2) is 73.1 Å². The summed E-state index contributed by atoms with van der Waals surface area (Å²) in [4.78, 5) is 43.1. The Hall–Kier alpha value is -4.79. The Morgan fingerprint density at radius 1 is 0.949 bits per heavy atom. The van der Waals surface area contributed by atoms with Gasteiger partial charge in [0.25, 0.3) is 5.91 Å². The van der Waals surface area contributed by atoms with Crippen LogP contribution >= 0.6 is 0 Å². The van der Waals surface area contributed by atoms with Gasteiger partial charge in [-0.05, 0) is 48.2 Å². The molecule has 0 saturated carbocycles. The summed E-state index contributed by atoms with van der Waals surface area (Å²) in [5.41, 5.74) is 4.97. The van der Waals surface area contributed by atoms with E-state index < -0.39 is 0 Å². The molecular formula is C30H31N7O2. The summed E-state index contributed by atoms with van der Waals surface area (Å²) in [6.07, 6.45) is 3.32. The van der Waals surface area contributed by atoms with E-state index in [0.29, 0.717) is 34.4 Å². The number of aryl methyl sites for hydroxylation is 1. The third-order valence-corrected chi connectivity index (χ3v) is 6.64. The van der Waals surface area contributed by atoms with E-state index in [9.17, 15) is 9.59 Å². The lowest BCUT2D eigenvalue weighted by Gasteiger charge is -2.34. The number of nitrogens with zero attached hydrogens (tertiary/aromatic N) is 5. The maximum atomic E-state index is 13.5. The highest BCUT2D eigenvalue weighted by Crippen LogP contribution is 2.33. The Balaban J connectivity index is 1.38. The number of urea groups is 1. The number of nitrogens with one attached hydrogen (secondary N) is 2. The molecule has 39 heavy (non-hydrogen) atoms. The van der Waals surface area contributed by atoms with Gasteiger partial charge in [0.1, 0.15) is 5.82 Å². The van der Waals surface area contributed by atoms with Gasteiger partial charge in [-0.3, -0.25) is 19.6 Å². The Bertz CT molecular complexity index is 1550. The summed E-state index contributed by atoms with van der Waals surface area (Å²) in [5, 5.41) is 6.10. The van der Waals surface area contributed by atoms with Gasteiger partial charge in [0, 0.05) is 30.1 Å². The van der Waals surface area contributed by atoms with Crippen LogP contribution in [0, 0.1) is 6.92 Å². The lowest BCUT2D eigenvalue weighted by atomic mass is 9.86. The molecule has 0 bridgehead atoms. The topological polar surface area (TPSA) is 103 Å². The Kier molecular flexibility index (Phi) is 6.74. The lowest BCUT2D eigenvalue weighted by Crippen LogP contribution is -2.46. The molecule has 0 saturated heterocycles. The van der Waals surface area contributed by atoms with E-state index in [-0.39, 0.29) is 23.9 Å². The standard InChI is InChI=1S/C30H31N7O2/c1-19-25(15-24(17-31-19)33-27(38)20-10-9-11-22(14-20)30(2,3)4)37-18-21-16-32-28(34-23-12-7-6-8-13-23)35-26(21)36(5)29(37)39/h6-17H,18H2,1-5H3,(H,33,38)(H,32,34,35). The quantitative estimate of drug-likeness (QED) is 0.331. The van der Waals surface area contributed by atoms with Gasteiger partial charge in [-0.1, -0.05) is 51.1 Å². The van der Waals surface area contributed by atoms with Crippen molar-refractivity contribution in [3.63, 3.8) is 0 Å². The summed E-state index contributed by atoms with van der Waals surface area (Å²) in [7, 11) is 1.68. The van der Waals surface area contributed by atoms with Crippen molar-refractivity contribution in [2.45, 2.75) is 39.7 Å². The molecule has 0 radical (unpaired) electrons. The average molecular weight is 522 g/mol. The van der Waals surface area contributed by atoms with Crippen molar-refractivity contribution in [3.8, 4) is 0 Å². The van der Waals surface area contributed by atoms with Crippen LogP contribution in [0.1, 0.15) is 48.0 Å². The smallest absolute Gasteiger partial charge is 0.324 e. The van der Waals surface area contributed by atoms with Gasteiger partial charge in [0.15, 0.2) is 0 Å². The van der Waals surface area contributed by atoms with Crippen LogP contribution in [0.2, 0.25) is 0 Å². The molecule has 9 nitrogen and oxygen atoms in total. The predicted molar refractivity (Wildman–Crippen MR) is 154 cm³/mol. The first-order chi connectivity index (χ1) is 18.6. The van der Waals surface area contributed by atoms with E-state index in [2.05, 4.69) is 46.4 Å². The van der Waals surface area contributed by atoms with E-state index >= 15 is 0 Å². The molecule has 2 aromatic heterocycles. The number of anilines is 5. The molecule has 0 aliphatic carbocycles. The minimum atomic E-state index is -0.252. The van der Waals surface area contributed by atoms with Crippen LogP contribution in [0.25, 0.3) is 0 Å². The molecule has 0 atom stereocenters. The van der Waals surface area contributed by atoms with Gasteiger partial charge >= 0.3 is 6.03 Å². The predicted octanol–water partition coefficient (Wildman–Crippen LogP) is 6.05. The van der Waals surface area contributed by atoms with Crippen LogP contribution in [-0.4, -0.2) is 33.9 Å². The van der Waals surface area contributed by atoms with Crippen molar-refractivity contribution in [2.75, 3.05) is 27.5 Å². The lowest BCUT2D eigenvalue weighted by molar-refractivity contribution is 0.102. The third-order valence-electron chi connectivity index (χ3n) is 6.64. The Morgan fingerprint density at radius 2 is 1.72 bits per heavy atom. The zero-order valence-corrected chi connectivity index (χ0v) is 22.7. The Morgan fingerprint density at radius 3 is 2.46 bits per heavy atom. The van der Waals surface area contributed by atoms with Crippen LogP contribution in [0.4, 0.5) is 33.6 Å². The summed E-state index contributed by atoms with van der Waals surface area (Å²) in [6, 6.07) is 18.7. The van der Waals surface area contributed by atoms with Gasteiger partial charge in [-0.15, -0.1) is 0 Å². The number of aromatic nitrogens is 3. The highest BCUT2D eigenvalue weighted by molar-refractivity contribution is 6.07. The average Bonchev–Trinajstić information content (AvgIpc) is 2.92. The van der Waals surface area contributed by atoms with Gasteiger partial charge in [0.2, 0.25) is 5.95 Å². The molecule has 2 N–H and O–H groups in total. The number of fused-ring (bicyclic) bond motifs is 1. The fraction of sp³-hybridized carbons (Fsp3) is 0.233. The Labute approximate surface area is 227 Å². The monoisotopic (exact) mass is 521 g/mol. The van der Waals surface area contributed by atoms with Gasteiger partial charge in [-0.25, -0.2) is 9.78 Å². The molecule has 0 spiro atoms. The largest absolute Gasteiger partial charge is 0.330 e. The SMILES string of the molecule is Cc1ncc(NC(=O)c2cccc(C(C)(C)C)c2)cc1N1Cc2cnc(Nc3ccccc3)nc2N(C)C1=O. The third kappa shape index (κ3) is 5.43. The van der Waals surface area contributed by atoms with Gasteiger partial charge < -0.3 is 10.6 Å². The highest BCUT2D eigenvalue weighted by atomic mass is 16.2. The van der Waals surface area contributed by atoms with Crippen molar-refractivity contribution in [2.24, 2.45) is 0 Å². The minimum Gasteiger partial charge on any atom is -0.324 e. The van der Waals surface area contributed by atoms with Crippen molar-refractivity contribution in [1.82, 2.24) is 15.0 Å². The molecular weight excluding hydrogens is 490 g/mol. The number of pyridine rings is 1. The minimum absolute atomic E-state index is 0.0755. The summed E-state index contributed by atoms with van der Waals surface area (Å²) >= 11 is 0. The molecule has 9 heteroatoms. The molecule has 2 aromatic carbocycles. The zero-order chi connectivity index (χ0) is 27.7. The molecule has 0 fully saturated rings. The number of benzene rings is 2. The maximum absolute atomic E-state index is 13.5. The fourth-order valence-corrected chi connectivity index (χ4v) is 4.40. The number of hydrogen-bond acceptors (Lipinski definition) is 6. The first-order valence-corrected chi connectivity index (χ1v) is 12.7. The van der Waals surface area contributed by atoms with E-state index in [1.54, 1.807) is 36.5 Å². The second-order valence-corrected chi connectivity index (χ2v) is 10.6. The molecule has 1 aliphatic rings. The van der Waals surface area contributed by atoms with Crippen LogP contribution < -0.4 is 20.4 Å². The first-order valence-electron chi connectivity index (χ1n) is 12.7. The maximum Gasteiger partial charge on any atom is 0.330 e. The van der Waals surface area contributed by atoms with E-state index in [1.165, 1.54) is 4.90 Å². The number of para-hydroxylation sites is 1. The second-order valence-electron chi connectivity index (χ2n) is 10.6. The van der Waals surface area contributed by atoms with Crippen molar-refractivity contribution in [1.29, 1.82) is 0 Å².